The lowest BCUT2D eigenvalue weighted by Gasteiger charge is -2.35. The molecule has 3 heterocycles. The highest BCUT2D eigenvalue weighted by Gasteiger charge is 2.23. The monoisotopic (exact) mass is 573 g/mol. The first-order chi connectivity index (χ1) is 19.8. The number of amides is 1. The summed E-state index contributed by atoms with van der Waals surface area (Å²) in [6.07, 6.45) is 1.70. The van der Waals surface area contributed by atoms with Crippen LogP contribution in [0.4, 0.5) is 23.3 Å². The van der Waals surface area contributed by atoms with Crippen molar-refractivity contribution in [2.24, 2.45) is 16.3 Å². The molecule has 0 radical (unpaired) electrons. The van der Waals surface area contributed by atoms with Crippen molar-refractivity contribution in [1.29, 1.82) is 5.41 Å². The minimum Gasteiger partial charge on any atom is -0.382 e. The van der Waals surface area contributed by atoms with Crippen molar-refractivity contribution in [2.45, 2.75) is 48.0 Å². The number of nitrogens with zero attached hydrogens (tertiary/aromatic N) is 7. The summed E-state index contributed by atoms with van der Waals surface area (Å²) in [6, 6.07) is 5.39. The van der Waals surface area contributed by atoms with Crippen LogP contribution in [0.2, 0.25) is 0 Å². The maximum atomic E-state index is 13.2. The first-order valence-corrected chi connectivity index (χ1v) is 14.3. The van der Waals surface area contributed by atoms with E-state index in [4.69, 9.17) is 16.1 Å². The number of anilines is 4. The summed E-state index contributed by atoms with van der Waals surface area (Å²) >= 11 is 0. The van der Waals surface area contributed by atoms with Crippen LogP contribution in [0.5, 0.6) is 0 Å². The molecule has 1 saturated heterocycles. The number of nitrogen functional groups attached to an aromatic ring is 1. The van der Waals surface area contributed by atoms with Crippen LogP contribution in [0.3, 0.4) is 0 Å². The van der Waals surface area contributed by atoms with Gasteiger partial charge in [0, 0.05) is 63.2 Å². The van der Waals surface area contributed by atoms with Crippen molar-refractivity contribution < 1.29 is 4.79 Å². The predicted molar refractivity (Wildman–Crippen MR) is 170 cm³/mol. The SMILES string of the molecule is CN=C(CC(=N)C(C)(C)C)NC(=O)c1ccc(C)c(Nc2ncnc3c(N)nc(N4CCN(CC(C)C)CC4)nc23)c1. The van der Waals surface area contributed by atoms with Crippen molar-refractivity contribution >= 4 is 51.8 Å². The lowest BCUT2D eigenvalue weighted by Crippen LogP contribution is -2.48. The van der Waals surface area contributed by atoms with Crippen LogP contribution in [-0.4, -0.2) is 82.1 Å². The molecular weight excluding hydrogens is 530 g/mol. The molecule has 5 N–H and O–H groups in total. The van der Waals surface area contributed by atoms with Crippen LogP contribution in [0.1, 0.15) is 57.0 Å². The third kappa shape index (κ3) is 7.35. The maximum Gasteiger partial charge on any atom is 0.256 e. The number of hydrogen-bond acceptors (Lipinski definition) is 11. The molecule has 224 valence electrons. The van der Waals surface area contributed by atoms with Crippen molar-refractivity contribution in [2.75, 3.05) is 55.7 Å². The molecule has 12 nitrogen and oxygen atoms in total. The number of fused-ring (bicyclic) bond motifs is 1. The Labute approximate surface area is 247 Å². The molecule has 1 aromatic carbocycles. The number of nitrogens with two attached hydrogens (primary N) is 1. The molecule has 4 rings (SSSR count). The number of piperazine rings is 1. The Morgan fingerprint density at radius 2 is 1.83 bits per heavy atom. The molecule has 3 aromatic rings. The van der Waals surface area contributed by atoms with Gasteiger partial charge in [-0.15, -0.1) is 0 Å². The van der Waals surface area contributed by atoms with E-state index in [1.54, 1.807) is 19.2 Å². The van der Waals surface area contributed by atoms with Gasteiger partial charge in [0.1, 0.15) is 23.2 Å². The predicted octanol–water partition coefficient (Wildman–Crippen LogP) is 4.05. The number of aliphatic imine (C=N–C) groups is 1. The molecule has 1 aliphatic rings. The highest BCUT2D eigenvalue weighted by molar-refractivity contribution is 6.13. The van der Waals surface area contributed by atoms with Gasteiger partial charge in [0.25, 0.3) is 5.91 Å². The van der Waals surface area contributed by atoms with Gasteiger partial charge in [-0.3, -0.25) is 14.7 Å². The number of rotatable bonds is 8. The number of aryl methyl sites for hydroxylation is 1. The van der Waals surface area contributed by atoms with Gasteiger partial charge in [0.05, 0.1) is 0 Å². The Morgan fingerprint density at radius 3 is 2.48 bits per heavy atom. The van der Waals surface area contributed by atoms with Crippen molar-refractivity contribution in [3.8, 4) is 0 Å². The van der Waals surface area contributed by atoms with Gasteiger partial charge in [0.2, 0.25) is 5.95 Å². The zero-order valence-corrected chi connectivity index (χ0v) is 25.7. The lowest BCUT2D eigenvalue weighted by molar-refractivity contribution is 0.0976. The van der Waals surface area contributed by atoms with Gasteiger partial charge >= 0.3 is 0 Å². The molecular formula is C30H43N11O. The van der Waals surface area contributed by atoms with E-state index in [9.17, 15) is 4.79 Å². The Hall–Kier alpha value is -4.19. The fraction of sp³-hybridized carbons (Fsp3) is 0.500. The van der Waals surface area contributed by atoms with Crippen LogP contribution in [0.15, 0.2) is 29.5 Å². The van der Waals surface area contributed by atoms with E-state index in [1.807, 2.05) is 33.8 Å². The van der Waals surface area contributed by atoms with Gasteiger partial charge in [-0.05, 0) is 36.0 Å². The minimum absolute atomic E-state index is 0.270. The maximum absolute atomic E-state index is 13.2. The van der Waals surface area contributed by atoms with E-state index < -0.39 is 0 Å². The Morgan fingerprint density at radius 1 is 1.12 bits per heavy atom. The van der Waals surface area contributed by atoms with E-state index in [2.05, 4.69) is 54.2 Å². The van der Waals surface area contributed by atoms with Crippen LogP contribution in [0, 0.1) is 23.7 Å². The normalized spacial score (nSPS) is 14.9. The molecule has 0 bridgehead atoms. The minimum atomic E-state index is -0.309. The summed E-state index contributed by atoms with van der Waals surface area (Å²) < 4.78 is 0. The number of amidine groups is 1. The van der Waals surface area contributed by atoms with Crippen LogP contribution in [0.25, 0.3) is 11.0 Å². The summed E-state index contributed by atoms with van der Waals surface area (Å²) in [7, 11) is 1.61. The molecule has 42 heavy (non-hydrogen) atoms. The fourth-order valence-corrected chi connectivity index (χ4v) is 4.68. The van der Waals surface area contributed by atoms with Gasteiger partial charge in [-0.2, -0.15) is 4.98 Å². The number of hydrogen-bond donors (Lipinski definition) is 4. The number of nitrogens with one attached hydrogen (secondary N) is 3. The van der Waals surface area contributed by atoms with Gasteiger partial charge in [-0.1, -0.05) is 40.7 Å². The molecule has 1 aliphatic heterocycles. The first-order valence-electron chi connectivity index (χ1n) is 14.3. The number of carbonyl (C=O) groups is 1. The second-order valence-electron chi connectivity index (χ2n) is 12.2. The van der Waals surface area contributed by atoms with E-state index in [0.717, 1.165) is 38.3 Å². The standard InChI is InChI=1S/C30H43N11O/c1-18(2)16-40-10-12-41(13-11-40)29-38-25-24(26(32)39-29)34-17-35-27(25)36-21-14-20(9-8-19(21)3)28(42)37-23(33-7)15-22(31)30(4,5)6/h8-9,14,17-18,31H,10-13,15-16H2,1-7H3,(H2,32,38,39)(H,33,37,42)(H,34,35,36). The molecule has 0 aliphatic carbocycles. The summed E-state index contributed by atoms with van der Waals surface area (Å²) in [5.41, 5.74) is 9.56. The van der Waals surface area contributed by atoms with Crippen molar-refractivity contribution in [1.82, 2.24) is 30.2 Å². The molecule has 0 saturated carbocycles. The number of aromatic nitrogens is 4. The van der Waals surface area contributed by atoms with E-state index >= 15 is 0 Å². The van der Waals surface area contributed by atoms with Gasteiger partial charge in [-0.25, -0.2) is 15.0 Å². The Balaban J connectivity index is 1.56. The Bertz CT molecular complexity index is 1480. The quantitative estimate of drug-likeness (QED) is 0.230. The third-order valence-electron chi connectivity index (χ3n) is 7.31. The average molecular weight is 574 g/mol. The highest BCUT2D eigenvalue weighted by Crippen LogP contribution is 2.28. The molecule has 12 heteroatoms. The van der Waals surface area contributed by atoms with Crippen LogP contribution in [-0.2, 0) is 0 Å². The smallest absolute Gasteiger partial charge is 0.256 e. The molecule has 1 fully saturated rings. The summed E-state index contributed by atoms with van der Waals surface area (Å²) in [6.45, 7) is 16.9. The zero-order valence-electron chi connectivity index (χ0n) is 25.7. The van der Waals surface area contributed by atoms with E-state index in [0.29, 0.717) is 57.3 Å². The largest absolute Gasteiger partial charge is 0.382 e. The highest BCUT2D eigenvalue weighted by atomic mass is 16.1. The summed E-state index contributed by atoms with van der Waals surface area (Å²) in [4.78, 5) is 40.2. The van der Waals surface area contributed by atoms with E-state index in [-0.39, 0.29) is 17.7 Å². The average Bonchev–Trinajstić information content (AvgIpc) is 2.93. The summed E-state index contributed by atoms with van der Waals surface area (Å²) in [5, 5.41) is 14.5. The molecule has 0 unspecified atom stereocenters. The lowest BCUT2D eigenvalue weighted by atomic mass is 9.88. The van der Waals surface area contributed by atoms with Crippen LogP contribution < -0.4 is 21.3 Å². The van der Waals surface area contributed by atoms with Crippen molar-refractivity contribution in [3.05, 3.63) is 35.7 Å². The van der Waals surface area contributed by atoms with E-state index in [1.165, 1.54) is 6.33 Å². The molecule has 0 spiro atoms. The molecule has 0 atom stereocenters. The third-order valence-corrected chi connectivity index (χ3v) is 7.31. The van der Waals surface area contributed by atoms with Gasteiger partial charge < -0.3 is 26.7 Å². The molecule has 2 aromatic heterocycles. The number of carbonyl (C=O) groups excluding carboxylic acids is 1. The Kier molecular flexibility index (Phi) is 9.35. The first kappa shape index (κ1) is 30.8. The summed E-state index contributed by atoms with van der Waals surface area (Å²) in [5.74, 6) is 2.08. The topological polar surface area (TPSA) is 161 Å². The van der Waals surface area contributed by atoms with Gasteiger partial charge in [0.15, 0.2) is 11.6 Å². The second-order valence-corrected chi connectivity index (χ2v) is 12.2. The number of benzene rings is 1. The van der Waals surface area contributed by atoms with Crippen molar-refractivity contribution in [3.63, 3.8) is 0 Å². The zero-order chi connectivity index (χ0) is 30.6. The molecule has 1 amide bonds. The van der Waals surface area contributed by atoms with Crippen LogP contribution >= 0.6 is 0 Å². The second kappa shape index (κ2) is 12.8. The fourth-order valence-electron chi connectivity index (χ4n) is 4.68.